The average molecular weight is 377 g/mol. The molecule has 0 spiro atoms. The lowest BCUT2D eigenvalue weighted by Gasteiger charge is -2.29. The van der Waals surface area contributed by atoms with Gasteiger partial charge in [0.25, 0.3) is 0 Å². The van der Waals surface area contributed by atoms with Crippen LogP contribution in [0.15, 0.2) is 30.0 Å². The van der Waals surface area contributed by atoms with Gasteiger partial charge in [0.2, 0.25) is 16.6 Å². The van der Waals surface area contributed by atoms with Crippen molar-refractivity contribution in [2.24, 2.45) is 0 Å². The summed E-state index contributed by atoms with van der Waals surface area (Å²) in [4.78, 5) is 0. The van der Waals surface area contributed by atoms with Gasteiger partial charge in [0.05, 0.1) is 0 Å². The molecule has 0 amide bonds. The summed E-state index contributed by atoms with van der Waals surface area (Å²) in [5.74, 6) is 2.16. The van der Waals surface area contributed by atoms with Crippen LogP contribution in [0, 0.1) is 0 Å². The van der Waals surface area contributed by atoms with E-state index in [4.69, 9.17) is 8.85 Å². The second kappa shape index (κ2) is 8.59. The second-order valence-corrected chi connectivity index (χ2v) is 17.0. The zero-order valence-corrected chi connectivity index (χ0v) is 19.1. The van der Waals surface area contributed by atoms with Crippen molar-refractivity contribution in [2.45, 2.75) is 84.2 Å². The van der Waals surface area contributed by atoms with Gasteiger partial charge in [0.15, 0.2) is 0 Å². The highest BCUT2D eigenvalue weighted by Gasteiger charge is 2.34. The van der Waals surface area contributed by atoms with E-state index >= 15 is 0 Å². The Morgan fingerprint density at radius 1 is 0.840 bits per heavy atom. The highest BCUT2D eigenvalue weighted by molar-refractivity contribution is 6.72. The van der Waals surface area contributed by atoms with Crippen molar-refractivity contribution in [2.75, 3.05) is 0 Å². The molecule has 140 valence electrons. The van der Waals surface area contributed by atoms with Crippen LogP contribution in [-0.2, 0) is 15.3 Å². The normalized spacial score (nSPS) is 14.6. The lowest BCUT2D eigenvalue weighted by atomic mass is 10.1. The Hall–Kier alpha value is -1.01. The SMILES string of the molecule is CCCC[Si](C)(C)OC1=C(O[Si](C)(C)CCCC)c2ccccc2C1. The van der Waals surface area contributed by atoms with Crippen molar-refractivity contribution in [3.63, 3.8) is 0 Å². The average Bonchev–Trinajstić information content (AvgIpc) is 2.87. The van der Waals surface area contributed by atoms with Gasteiger partial charge in [-0.15, -0.1) is 0 Å². The predicted octanol–water partition coefficient (Wildman–Crippen LogP) is 6.95. The minimum absolute atomic E-state index is 0.895. The summed E-state index contributed by atoms with van der Waals surface area (Å²) >= 11 is 0. The predicted molar refractivity (Wildman–Crippen MR) is 114 cm³/mol. The molecule has 1 aromatic rings. The Morgan fingerprint density at radius 3 is 2.00 bits per heavy atom. The third kappa shape index (κ3) is 5.75. The fourth-order valence-corrected chi connectivity index (χ4v) is 7.63. The molecule has 2 nitrogen and oxygen atoms in total. The first-order valence-electron chi connectivity index (χ1n) is 9.97. The van der Waals surface area contributed by atoms with Crippen LogP contribution in [-0.4, -0.2) is 16.6 Å². The third-order valence-electron chi connectivity index (χ3n) is 4.91. The van der Waals surface area contributed by atoms with Gasteiger partial charge >= 0.3 is 0 Å². The molecule has 0 radical (unpaired) electrons. The van der Waals surface area contributed by atoms with Gasteiger partial charge in [-0.1, -0.05) is 63.8 Å². The smallest absolute Gasteiger partial charge is 0.245 e. The highest BCUT2D eigenvalue weighted by Crippen LogP contribution is 2.38. The second-order valence-electron chi connectivity index (χ2n) is 8.52. The van der Waals surface area contributed by atoms with E-state index in [2.05, 4.69) is 64.3 Å². The van der Waals surface area contributed by atoms with E-state index in [1.54, 1.807) is 0 Å². The lowest BCUT2D eigenvalue weighted by molar-refractivity contribution is 0.382. The molecule has 0 saturated heterocycles. The number of benzene rings is 1. The molecule has 4 heteroatoms. The van der Waals surface area contributed by atoms with Crippen molar-refractivity contribution in [3.05, 3.63) is 41.2 Å². The van der Waals surface area contributed by atoms with Gasteiger partial charge in [-0.3, -0.25) is 0 Å². The molecule has 1 aliphatic rings. The number of rotatable bonds is 10. The Labute approximate surface area is 156 Å². The lowest BCUT2D eigenvalue weighted by Crippen LogP contribution is -2.32. The van der Waals surface area contributed by atoms with Crippen LogP contribution < -0.4 is 0 Å². The van der Waals surface area contributed by atoms with Gasteiger partial charge < -0.3 is 8.85 Å². The maximum Gasteiger partial charge on any atom is 0.245 e. The molecular formula is C21H36O2Si2. The van der Waals surface area contributed by atoms with Crippen LogP contribution >= 0.6 is 0 Å². The summed E-state index contributed by atoms with van der Waals surface area (Å²) in [6, 6.07) is 11.1. The van der Waals surface area contributed by atoms with Crippen molar-refractivity contribution in [1.29, 1.82) is 0 Å². The molecule has 0 N–H and O–H groups in total. The maximum atomic E-state index is 6.71. The standard InChI is InChI=1S/C21H36O2Si2/c1-7-9-15-24(3,4)22-20-17-18-13-11-12-14-19(18)21(20)23-25(5,6)16-10-8-2/h11-14H,7-10,15-17H2,1-6H3. The summed E-state index contributed by atoms with van der Waals surface area (Å²) in [6.07, 6.45) is 5.87. The van der Waals surface area contributed by atoms with Gasteiger partial charge in [-0.05, 0) is 43.8 Å². The molecule has 0 unspecified atom stereocenters. The summed E-state index contributed by atoms with van der Waals surface area (Å²) in [7, 11) is -3.42. The van der Waals surface area contributed by atoms with Gasteiger partial charge in [0, 0.05) is 12.0 Å². The Morgan fingerprint density at radius 2 is 1.40 bits per heavy atom. The summed E-state index contributed by atoms with van der Waals surface area (Å²) in [5.41, 5.74) is 2.61. The summed E-state index contributed by atoms with van der Waals surface area (Å²) in [5, 5.41) is 0. The van der Waals surface area contributed by atoms with Crippen LogP contribution in [0.1, 0.15) is 50.7 Å². The molecule has 0 atom stereocenters. The Bertz CT molecular complexity index is 606. The van der Waals surface area contributed by atoms with E-state index in [1.165, 1.54) is 48.9 Å². The van der Waals surface area contributed by atoms with Gasteiger partial charge in [0.1, 0.15) is 11.5 Å². The van der Waals surface area contributed by atoms with Crippen LogP contribution in [0.4, 0.5) is 0 Å². The van der Waals surface area contributed by atoms with E-state index < -0.39 is 16.6 Å². The molecular weight excluding hydrogens is 340 g/mol. The molecule has 0 saturated carbocycles. The van der Waals surface area contributed by atoms with Crippen molar-refractivity contribution >= 4 is 22.4 Å². The van der Waals surface area contributed by atoms with Gasteiger partial charge in [-0.25, -0.2) is 0 Å². The first kappa shape index (κ1) is 20.3. The van der Waals surface area contributed by atoms with Crippen LogP contribution in [0.3, 0.4) is 0 Å². The quantitative estimate of drug-likeness (QED) is 0.411. The summed E-state index contributed by atoms with van der Waals surface area (Å²) in [6.45, 7) is 13.9. The minimum Gasteiger partial charge on any atom is -0.544 e. The van der Waals surface area contributed by atoms with Crippen molar-refractivity contribution in [3.8, 4) is 0 Å². The van der Waals surface area contributed by atoms with Crippen molar-refractivity contribution in [1.82, 2.24) is 0 Å². The topological polar surface area (TPSA) is 18.5 Å². The zero-order chi connectivity index (χ0) is 18.5. The molecule has 1 aromatic carbocycles. The Balaban J connectivity index is 2.25. The zero-order valence-electron chi connectivity index (χ0n) is 17.1. The van der Waals surface area contributed by atoms with E-state index in [9.17, 15) is 0 Å². The van der Waals surface area contributed by atoms with Crippen LogP contribution in [0.5, 0.6) is 0 Å². The van der Waals surface area contributed by atoms with E-state index in [-0.39, 0.29) is 0 Å². The Kier molecular flexibility index (Phi) is 6.97. The number of unbranched alkanes of at least 4 members (excludes halogenated alkanes) is 2. The first-order valence-corrected chi connectivity index (χ1v) is 16.2. The molecule has 0 aliphatic heterocycles. The van der Waals surface area contributed by atoms with E-state index in [1.807, 2.05) is 0 Å². The number of hydrogen-bond donors (Lipinski definition) is 0. The molecule has 1 aliphatic carbocycles. The first-order chi connectivity index (χ1) is 11.8. The third-order valence-corrected chi connectivity index (χ3v) is 9.58. The van der Waals surface area contributed by atoms with E-state index in [0.29, 0.717) is 0 Å². The monoisotopic (exact) mass is 376 g/mol. The number of fused-ring (bicyclic) bond motifs is 1. The molecule has 25 heavy (non-hydrogen) atoms. The van der Waals surface area contributed by atoms with Gasteiger partial charge in [-0.2, -0.15) is 0 Å². The maximum absolute atomic E-state index is 6.71. The summed E-state index contributed by atoms with van der Waals surface area (Å²) < 4.78 is 13.4. The van der Waals surface area contributed by atoms with Crippen LogP contribution in [0.2, 0.25) is 38.3 Å². The molecule has 2 rings (SSSR count). The van der Waals surface area contributed by atoms with E-state index in [0.717, 1.165) is 17.9 Å². The highest BCUT2D eigenvalue weighted by atomic mass is 28.4. The number of allylic oxidation sites excluding steroid dienone is 1. The number of hydrogen-bond acceptors (Lipinski definition) is 2. The van der Waals surface area contributed by atoms with Crippen LogP contribution in [0.25, 0.3) is 5.76 Å². The van der Waals surface area contributed by atoms with Crippen molar-refractivity contribution < 1.29 is 8.85 Å². The largest absolute Gasteiger partial charge is 0.544 e. The minimum atomic E-state index is -1.72. The molecule has 0 bridgehead atoms. The molecule has 0 fully saturated rings. The fraction of sp³-hybridized carbons (Fsp3) is 0.619. The fourth-order valence-electron chi connectivity index (χ4n) is 3.41. The molecule has 0 heterocycles. The molecule has 0 aromatic heterocycles.